The van der Waals surface area contributed by atoms with E-state index >= 15 is 0 Å². The molecule has 1 amide bonds. The number of nitrogens with one attached hydrogen (secondary N) is 1. The fourth-order valence-corrected chi connectivity index (χ4v) is 2.23. The summed E-state index contributed by atoms with van der Waals surface area (Å²) in [7, 11) is 1.50. The minimum absolute atomic E-state index is 0.0675. The van der Waals surface area contributed by atoms with Gasteiger partial charge in [-0.2, -0.15) is 5.26 Å². The van der Waals surface area contributed by atoms with Crippen LogP contribution in [-0.2, 0) is 11.2 Å². The Morgan fingerprint density at radius 2 is 2.00 bits per heavy atom. The van der Waals surface area contributed by atoms with Crippen LogP contribution in [0.3, 0.4) is 0 Å². The Kier molecular flexibility index (Phi) is 7.19. The van der Waals surface area contributed by atoms with Crippen molar-refractivity contribution in [3.63, 3.8) is 0 Å². The fourth-order valence-electron chi connectivity index (χ4n) is 2.23. The second-order valence-corrected chi connectivity index (χ2v) is 5.36. The number of hydrogen-bond donors (Lipinski definition) is 1. The molecule has 0 unspecified atom stereocenters. The number of hydrogen-bond acceptors (Lipinski definition) is 4. The van der Waals surface area contributed by atoms with E-state index in [-0.39, 0.29) is 18.3 Å². The summed E-state index contributed by atoms with van der Waals surface area (Å²) in [6.07, 6.45) is 3.71. The normalized spacial score (nSPS) is 10.3. The lowest BCUT2D eigenvalue weighted by Gasteiger charge is -2.08. The number of ether oxygens (including phenoxy) is 2. The highest BCUT2D eigenvalue weighted by Gasteiger charge is 2.05. The van der Waals surface area contributed by atoms with E-state index in [4.69, 9.17) is 14.7 Å². The third-order valence-corrected chi connectivity index (χ3v) is 3.53. The Balaban J connectivity index is 1.86. The van der Waals surface area contributed by atoms with Crippen LogP contribution in [0.2, 0.25) is 0 Å². The van der Waals surface area contributed by atoms with E-state index in [2.05, 4.69) is 5.32 Å². The Morgan fingerprint density at radius 3 is 2.69 bits per heavy atom. The van der Waals surface area contributed by atoms with Crippen molar-refractivity contribution in [1.29, 1.82) is 5.26 Å². The first-order valence-corrected chi connectivity index (χ1v) is 8.00. The smallest absolute Gasteiger partial charge is 0.244 e. The van der Waals surface area contributed by atoms with Crippen LogP contribution in [-0.4, -0.2) is 26.2 Å². The number of rotatable bonds is 8. The summed E-state index contributed by atoms with van der Waals surface area (Å²) >= 11 is 0. The molecule has 0 heterocycles. The Hall–Kier alpha value is -3.33. The summed E-state index contributed by atoms with van der Waals surface area (Å²) in [4.78, 5) is 11.9. The zero-order valence-electron chi connectivity index (χ0n) is 14.4. The second kappa shape index (κ2) is 9.84. The molecule has 2 aromatic rings. The molecule has 0 spiro atoms. The van der Waals surface area contributed by atoms with Crippen molar-refractivity contribution >= 4 is 12.0 Å². The van der Waals surface area contributed by atoms with Crippen molar-refractivity contribution in [3.05, 3.63) is 65.5 Å². The molecule has 0 aliphatic heterocycles. The average Bonchev–Trinajstić information content (AvgIpc) is 2.66. The minimum Gasteiger partial charge on any atom is -0.493 e. The fraction of sp³-hybridized carbons (Fsp3) is 0.200. The molecule has 0 saturated carbocycles. The van der Waals surface area contributed by atoms with Crippen molar-refractivity contribution in [2.24, 2.45) is 0 Å². The van der Waals surface area contributed by atoms with Gasteiger partial charge in [0.1, 0.15) is 11.9 Å². The summed E-state index contributed by atoms with van der Waals surface area (Å²) in [5, 5.41) is 11.3. The molecule has 2 aromatic carbocycles. The maximum absolute atomic E-state index is 12.8. The van der Waals surface area contributed by atoms with Gasteiger partial charge in [-0.05, 0) is 47.9 Å². The summed E-state index contributed by atoms with van der Waals surface area (Å²) in [6, 6.07) is 13.2. The molecule has 26 heavy (non-hydrogen) atoms. The molecule has 134 valence electrons. The summed E-state index contributed by atoms with van der Waals surface area (Å²) in [5.41, 5.74) is 1.72. The Labute approximate surface area is 151 Å². The molecular weight excluding hydrogens is 335 g/mol. The monoisotopic (exact) mass is 354 g/mol. The maximum atomic E-state index is 12.8. The number of carbonyl (C=O) groups is 1. The molecule has 0 radical (unpaired) electrons. The van der Waals surface area contributed by atoms with Gasteiger partial charge in [0, 0.05) is 12.6 Å². The lowest BCUT2D eigenvalue weighted by molar-refractivity contribution is -0.116. The SMILES string of the molecule is COc1cc(C=CC(=O)NCCc2ccc(F)cc2)ccc1OCC#N. The highest BCUT2D eigenvalue weighted by Crippen LogP contribution is 2.28. The van der Waals surface area contributed by atoms with Crippen LogP contribution < -0.4 is 14.8 Å². The van der Waals surface area contributed by atoms with Gasteiger partial charge >= 0.3 is 0 Å². The zero-order chi connectivity index (χ0) is 18.8. The number of nitriles is 1. The van der Waals surface area contributed by atoms with Crippen molar-refractivity contribution in [2.45, 2.75) is 6.42 Å². The molecule has 0 atom stereocenters. The van der Waals surface area contributed by atoms with E-state index in [0.29, 0.717) is 24.5 Å². The van der Waals surface area contributed by atoms with Crippen LogP contribution in [0.25, 0.3) is 6.08 Å². The van der Waals surface area contributed by atoms with Crippen molar-refractivity contribution in [2.75, 3.05) is 20.3 Å². The van der Waals surface area contributed by atoms with Gasteiger partial charge < -0.3 is 14.8 Å². The third-order valence-electron chi connectivity index (χ3n) is 3.53. The first-order chi connectivity index (χ1) is 12.6. The van der Waals surface area contributed by atoms with Gasteiger partial charge in [0.05, 0.1) is 7.11 Å². The van der Waals surface area contributed by atoms with Crippen LogP contribution in [0.4, 0.5) is 4.39 Å². The maximum Gasteiger partial charge on any atom is 0.244 e. The first-order valence-electron chi connectivity index (χ1n) is 8.00. The number of halogens is 1. The van der Waals surface area contributed by atoms with E-state index in [1.807, 2.05) is 6.07 Å². The van der Waals surface area contributed by atoms with Gasteiger partial charge in [0.2, 0.25) is 5.91 Å². The second-order valence-electron chi connectivity index (χ2n) is 5.36. The third kappa shape index (κ3) is 5.95. The predicted octanol–water partition coefficient (Wildman–Crippen LogP) is 3.11. The van der Waals surface area contributed by atoms with Gasteiger partial charge in [-0.1, -0.05) is 18.2 Å². The predicted molar refractivity (Wildman–Crippen MR) is 96.2 cm³/mol. The van der Waals surface area contributed by atoms with Crippen molar-refractivity contribution in [3.8, 4) is 17.6 Å². The lowest BCUT2D eigenvalue weighted by atomic mass is 10.1. The van der Waals surface area contributed by atoms with Crippen molar-refractivity contribution in [1.82, 2.24) is 5.32 Å². The number of amides is 1. The molecule has 0 aliphatic rings. The van der Waals surface area contributed by atoms with Gasteiger partial charge in [0.25, 0.3) is 0 Å². The van der Waals surface area contributed by atoms with Crippen molar-refractivity contribution < 1.29 is 18.7 Å². The van der Waals surface area contributed by atoms with Gasteiger partial charge in [-0.3, -0.25) is 4.79 Å². The van der Waals surface area contributed by atoms with E-state index < -0.39 is 0 Å². The van der Waals surface area contributed by atoms with Gasteiger partial charge in [-0.25, -0.2) is 4.39 Å². The standard InChI is InChI=1S/C20H19FN2O3/c1-25-19-14-16(4-8-18(19)26-13-11-22)5-9-20(24)23-12-10-15-2-6-17(21)7-3-15/h2-9,14H,10,12-13H2,1H3,(H,23,24). The quantitative estimate of drug-likeness (QED) is 0.740. The van der Waals surface area contributed by atoms with E-state index in [1.54, 1.807) is 36.4 Å². The molecule has 2 rings (SSSR count). The highest BCUT2D eigenvalue weighted by atomic mass is 19.1. The summed E-state index contributed by atoms with van der Waals surface area (Å²) < 4.78 is 23.3. The van der Waals surface area contributed by atoms with Crippen LogP contribution in [0.15, 0.2) is 48.5 Å². The Bertz CT molecular complexity index is 811. The molecule has 0 aromatic heterocycles. The average molecular weight is 354 g/mol. The minimum atomic E-state index is -0.278. The summed E-state index contributed by atoms with van der Waals surface area (Å²) in [5.74, 6) is 0.449. The number of methoxy groups -OCH3 is 1. The van der Waals surface area contributed by atoms with Gasteiger partial charge in [0.15, 0.2) is 18.1 Å². The van der Waals surface area contributed by atoms with Gasteiger partial charge in [-0.15, -0.1) is 0 Å². The molecule has 6 heteroatoms. The topological polar surface area (TPSA) is 71.3 Å². The molecular formula is C20H19FN2O3. The largest absolute Gasteiger partial charge is 0.493 e. The van der Waals surface area contributed by atoms with E-state index in [9.17, 15) is 9.18 Å². The molecule has 0 aliphatic carbocycles. The zero-order valence-corrected chi connectivity index (χ0v) is 14.4. The van der Waals surface area contributed by atoms with E-state index in [1.165, 1.54) is 25.3 Å². The van der Waals surface area contributed by atoms with Crippen LogP contribution in [0.1, 0.15) is 11.1 Å². The van der Waals surface area contributed by atoms with Crippen LogP contribution in [0, 0.1) is 17.1 Å². The van der Waals surface area contributed by atoms with E-state index in [0.717, 1.165) is 11.1 Å². The molecule has 0 fully saturated rings. The Morgan fingerprint density at radius 1 is 1.23 bits per heavy atom. The molecule has 1 N–H and O–H groups in total. The lowest BCUT2D eigenvalue weighted by Crippen LogP contribution is -2.23. The molecule has 0 bridgehead atoms. The van der Waals surface area contributed by atoms with Crippen LogP contribution in [0.5, 0.6) is 11.5 Å². The highest BCUT2D eigenvalue weighted by molar-refractivity contribution is 5.91. The number of benzene rings is 2. The first kappa shape index (κ1) is 19.0. The van der Waals surface area contributed by atoms with Crippen LogP contribution >= 0.6 is 0 Å². The number of carbonyl (C=O) groups excluding carboxylic acids is 1. The molecule has 5 nitrogen and oxygen atoms in total. The molecule has 0 saturated heterocycles. The number of nitrogens with zero attached hydrogens (tertiary/aromatic N) is 1. The summed E-state index contributed by atoms with van der Waals surface area (Å²) in [6.45, 7) is 0.390.